The van der Waals surface area contributed by atoms with Crippen LogP contribution in [-0.2, 0) is 9.63 Å². The van der Waals surface area contributed by atoms with Gasteiger partial charge in [0, 0.05) is 11.9 Å². The van der Waals surface area contributed by atoms with Crippen LogP contribution in [0.4, 0.5) is 0 Å². The van der Waals surface area contributed by atoms with Crippen LogP contribution in [0.5, 0.6) is 0 Å². The van der Waals surface area contributed by atoms with E-state index in [2.05, 4.69) is 6.08 Å². The molecule has 0 bridgehead atoms. The molecule has 1 atom stereocenters. The number of hydrogen-bond acceptors (Lipinski definition) is 3. The molecule has 0 radical (unpaired) electrons. The highest BCUT2D eigenvalue weighted by atomic mass is 32.2. The highest BCUT2D eigenvalue weighted by Crippen LogP contribution is 2.27. The SMILES string of the molecule is C/C=C\CCCC(Sc1ccccc1)C(=O)N(C)OC. The molecule has 0 saturated heterocycles. The third-order valence-electron chi connectivity index (χ3n) is 2.95. The maximum Gasteiger partial charge on any atom is 0.259 e. The lowest BCUT2D eigenvalue weighted by Gasteiger charge is -2.21. The first-order valence-electron chi connectivity index (χ1n) is 6.83. The maximum absolute atomic E-state index is 12.3. The van der Waals surface area contributed by atoms with Crippen molar-refractivity contribution in [3.8, 4) is 0 Å². The smallest absolute Gasteiger partial charge is 0.259 e. The van der Waals surface area contributed by atoms with Gasteiger partial charge >= 0.3 is 0 Å². The summed E-state index contributed by atoms with van der Waals surface area (Å²) in [6.07, 6.45) is 7.03. The minimum absolute atomic E-state index is 0.0156. The molecule has 0 spiro atoms. The second-order valence-electron chi connectivity index (χ2n) is 4.44. The molecule has 0 aliphatic rings. The zero-order valence-electron chi connectivity index (χ0n) is 12.4. The number of hydroxylamine groups is 2. The van der Waals surface area contributed by atoms with Crippen LogP contribution in [0.3, 0.4) is 0 Å². The first-order chi connectivity index (χ1) is 9.69. The Morgan fingerprint density at radius 2 is 2.10 bits per heavy atom. The Morgan fingerprint density at radius 1 is 1.40 bits per heavy atom. The van der Waals surface area contributed by atoms with Crippen molar-refractivity contribution in [3.05, 3.63) is 42.5 Å². The molecule has 1 rings (SSSR count). The summed E-state index contributed by atoms with van der Waals surface area (Å²) in [5.74, 6) is 0.0156. The van der Waals surface area contributed by atoms with Gasteiger partial charge in [-0.05, 0) is 38.3 Å². The largest absolute Gasteiger partial charge is 0.275 e. The van der Waals surface area contributed by atoms with E-state index in [-0.39, 0.29) is 11.2 Å². The number of hydrogen-bond donors (Lipinski definition) is 0. The lowest BCUT2D eigenvalue weighted by atomic mass is 10.1. The Labute approximate surface area is 126 Å². The fourth-order valence-corrected chi connectivity index (χ4v) is 2.95. The summed E-state index contributed by atoms with van der Waals surface area (Å²) >= 11 is 1.60. The van der Waals surface area contributed by atoms with E-state index in [1.807, 2.05) is 43.3 Å². The van der Waals surface area contributed by atoms with Crippen molar-refractivity contribution < 1.29 is 9.63 Å². The predicted molar refractivity (Wildman–Crippen MR) is 84.5 cm³/mol. The van der Waals surface area contributed by atoms with Crippen molar-refractivity contribution in [2.24, 2.45) is 0 Å². The molecule has 3 nitrogen and oxygen atoms in total. The van der Waals surface area contributed by atoms with Crippen LogP contribution in [0, 0.1) is 0 Å². The van der Waals surface area contributed by atoms with Gasteiger partial charge in [-0.25, -0.2) is 5.06 Å². The van der Waals surface area contributed by atoms with Crippen LogP contribution in [0.15, 0.2) is 47.4 Å². The Balaban J connectivity index is 2.65. The third kappa shape index (κ3) is 5.80. The van der Waals surface area contributed by atoms with E-state index in [4.69, 9.17) is 4.84 Å². The van der Waals surface area contributed by atoms with E-state index < -0.39 is 0 Å². The summed E-state index contributed by atoms with van der Waals surface area (Å²) in [6.45, 7) is 2.01. The molecule has 1 unspecified atom stereocenters. The number of nitrogens with zero attached hydrogens (tertiary/aromatic N) is 1. The van der Waals surface area contributed by atoms with E-state index in [0.29, 0.717) is 0 Å². The molecule has 0 saturated carbocycles. The molecule has 4 heteroatoms. The number of thioether (sulfide) groups is 1. The summed E-state index contributed by atoms with van der Waals surface area (Å²) in [6, 6.07) is 10.0. The van der Waals surface area contributed by atoms with Crippen LogP contribution < -0.4 is 0 Å². The molecule has 0 aliphatic carbocycles. The van der Waals surface area contributed by atoms with Crippen molar-refractivity contribution in [2.45, 2.75) is 36.3 Å². The highest BCUT2D eigenvalue weighted by Gasteiger charge is 2.23. The Hall–Kier alpha value is -1.26. The predicted octanol–water partition coefficient (Wildman–Crippen LogP) is 3.91. The second-order valence-corrected chi connectivity index (χ2v) is 5.71. The van der Waals surface area contributed by atoms with E-state index in [9.17, 15) is 4.79 Å². The molecular weight excluding hydrogens is 270 g/mol. The lowest BCUT2D eigenvalue weighted by Crippen LogP contribution is -2.33. The topological polar surface area (TPSA) is 29.5 Å². The number of unbranched alkanes of at least 4 members (excludes halogenated alkanes) is 1. The van der Waals surface area contributed by atoms with Gasteiger partial charge in [-0.15, -0.1) is 11.8 Å². The van der Waals surface area contributed by atoms with Crippen LogP contribution >= 0.6 is 11.8 Å². The number of carbonyl (C=O) groups excluding carboxylic acids is 1. The molecule has 1 aromatic rings. The molecule has 1 amide bonds. The Bertz CT molecular complexity index is 420. The van der Waals surface area contributed by atoms with Gasteiger partial charge in [0.05, 0.1) is 12.4 Å². The average molecular weight is 293 g/mol. The first-order valence-corrected chi connectivity index (χ1v) is 7.71. The zero-order chi connectivity index (χ0) is 14.8. The molecule has 110 valence electrons. The molecule has 0 aromatic heterocycles. The Kier molecular flexibility index (Phi) is 8.07. The highest BCUT2D eigenvalue weighted by molar-refractivity contribution is 8.00. The fraction of sp³-hybridized carbons (Fsp3) is 0.438. The zero-order valence-corrected chi connectivity index (χ0v) is 13.2. The first kappa shape index (κ1) is 16.8. The Morgan fingerprint density at radius 3 is 2.70 bits per heavy atom. The van der Waals surface area contributed by atoms with Crippen LogP contribution in [0.25, 0.3) is 0 Å². The molecular formula is C16H23NO2S. The summed E-state index contributed by atoms with van der Waals surface area (Å²) in [5, 5.41) is 1.21. The second kappa shape index (κ2) is 9.61. The molecule has 0 heterocycles. The van der Waals surface area contributed by atoms with Crippen molar-refractivity contribution in [1.82, 2.24) is 5.06 Å². The van der Waals surface area contributed by atoms with E-state index in [0.717, 1.165) is 24.2 Å². The fourth-order valence-electron chi connectivity index (χ4n) is 1.78. The monoisotopic (exact) mass is 293 g/mol. The molecule has 1 aromatic carbocycles. The number of allylic oxidation sites excluding steroid dienone is 2. The van der Waals surface area contributed by atoms with Crippen LogP contribution in [-0.4, -0.2) is 30.4 Å². The van der Waals surface area contributed by atoms with Gasteiger partial charge < -0.3 is 0 Å². The molecule has 0 N–H and O–H groups in total. The minimum atomic E-state index is -0.104. The minimum Gasteiger partial charge on any atom is -0.275 e. The van der Waals surface area contributed by atoms with Gasteiger partial charge in [-0.3, -0.25) is 9.63 Å². The van der Waals surface area contributed by atoms with Gasteiger partial charge in [-0.1, -0.05) is 30.4 Å². The number of rotatable bonds is 8. The van der Waals surface area contributed by atoms with E-state index in [1.54, 1.807) is 18.8 Å². The summed E-state index contributed by atoms with van der Waals surface area (Å²) < 4.78 is 0. The quantitative estimate of drug-likeness (QED) is 0.315. The van der Waals surface area contributed by atoms with Crippen molar-refractivity contribution in [3.63, 3.8) is 0 Å². The van der Waals surface area contributed by atoms with Crippen molar-refractivity contribution in [1.29, 1.82) is 0 Å². The number of amides is 1. The van der Waals surface area contributed by atoms with Crippen molar-refractivity contribution >= 4 is 17.7 Å². The van der Waals surface area contributed by atoms with E-state index in [1.165, 1.54) is 12.2 Å². The average Bonchev–Trinajstić information content (AvgIpc) is 2.49. The van der Waals surface area contributed by atoms with E-state index >= 15 is 0 Å². The van der Waals surface area contributed by atoms with Gasteiger partial charge in [0.2, 0.25) is 0 Å². The summed E-state index contributed by atoms with van der Waals surface area (Å²) in [5.41, 5.74) is 0. The third-order valence-corrected chi connectivity index (χ3v) is 4.22. The number of benzene rings is 1. The standard InChI is InChI=1S/C16H23NO2S/c1-4-5-6-10-13-15(16(18)17(2)19-3)20-14-11-8-7-9-12-14/h4-5,7-9,11-12,15H,6,10,13H2,1-3H3/b5-4-. The lowest BCUT2D eigenvalue weighted by molar-refractivity contribution is -0.168. The number of carbonyl (C=O) groups is 1. The van der Waals surface area contributed by atoms with Crippen LogP contribution in [0.1, 0.15) is 26.2 Å². The molecule has 0 fully saturated rings. The van der Waals surface area contributed by atoms with Crippen LogP contribution in [0.2, 0.25) is 0 Å². The van der Waals surface area contributed by atoms with Gasteiger partial charge in [0.25, 0.3) is 5.91 Å². The molecule has 20 heavy (non-hydrogen) atoms. The van der Waals surface area contributed by atoms with Gasteiger partial charge in [-0.2, -0.15) is 0 Å². The van der Waals surface area contributed by atoms with Gasteiger partial charge in [0.1, 0.15) is 0 Å². The normalized spacial score (nSPS) is 12.6. The van der Waals surface area contributed by atoms with Gasteiger partial charge in [0.15, 0.2) is 0 Å². The molecule has 0 aliphatic heterocycles. The summed E-state index contributed by atoms with van der Waals surface area (Å²) in [7, 11) is 3.18. The van der Waals surface area contributed by atoms with Crippen molar-refractivity contribution in [2.75, 3.05) is 14.2 Å². The summed E-state index contributed by atoms with van der Waals surface area (Å²) in [4.78, 5) is 18.4. The maximum atomic E-state index is 12.3.